The molecule has 5 rings (SSSR count). The fourth-order valence-corrected chi connectivity index (χ4v) is 7.75. The summed E-state index contributed by atoms with van der Waals surface area (Å²) in [6.07, 6.45) is 1.55. The van der Waals surface area contributed by atoms with Crippen LogP contribution in [0.3, 0.4) is 0 Å². The number of rotatable bonds is 11. The highest BCUT2D eigenvalue weighted by Crippen LogP contribution is 2.49. The van der Waals surface area contributed by atoms with Crippen LogP contribution in [0.25, 0.3) is 0 Å². The van der Waals surface area contributed by atoms with Crippen LogP contribution in [-0.4, -0.2) is 78.6 Å². The Labute approximate surface area is 265 Å². The van der Waals surface area contributed by atoms with Gasteiger partial charge in [-0.05, 0) is 72.4 Å². The molecule has 11 nitrogen and oxygen atoms in total. The Morgan fingerprint density at radius 1 is 0.644 bits per heavy atom. The predicted molar refractivity (Wildman–Crippen MR) is 171 cm³/mol. The Hall–Kier alpha value is -4.16. The summed E-state index contributed by atoms with van der Waals surface area (Å²) in [7, 11) is 5.26. The molecule has 0 aliphatic carbocycles. The molecule has 0 saturated carbocycles. The van der Waals surface area contributed by atoms with Gasteiger partial charge in [-0.3, -0.25) is 4.99 Å². The van der Waals surface area contributed by atoms with E-state index in [1.54, 1.807) is 77.3 Å². The zero-order valence-electron chi connectivity index (χ0n) is 26.8. The molecular formula is C33H41N3O8S. The topological polar surface area (TPSA) is 108 Å². The molecule has 0 bridgehead atoms. The molecule has 2 aliphatic rings. The van der Waals surface area contributed by atoms with Crippen LogP contribution in [0.5, 0.6) is 34.5 Å². The third kappa shape index (κ3) is 6.08. The third-order valence-electron chi connectivity index (χ3n) is 8.48. The van der Waals surface area contributed by atoms with Crippen LogP contribution in [0, 0.1) is 5.92 Å². The number of amidine groups is 1. The molecule has 3 aromatic rings. The summed E-state index contributed by atoms with van der Waals surface area (Å²) in [5, 5.41) is 0. The smallest absolute Gasteiger partial charge is 0.305 e. The van der Waals surface area contributed by atoms with Crippen LogP contribution in [0.1, 0.15) is 48.5 Å². The molecule has 0 aromatic heterocycles. The zero-order chi connectivity index (χ0) is 32.3. The average Bonchev–Trinajstić information content (AvgIpc) is 3.49. The predicted octanol–water partition coefficient (Wildman–Crippen LogP) is 5.26. The minimum Gasteiger partial charge on any atom is -0.493 e. The van der Waals surface area contributed by atoms with Gasteiger partial charge in [-0.2, -0.15) is 12.7 Å². The summed E-state index contributed by atoms with van der Waals surface area (Å²) in [5.41, 5.74) is 1.99. The van der Waals surface area contributed by atoms with Crippen molar-refractivity contribution in [2.24, 2.45) is 10.9 Å². The van der Waals surface area contributed by atoms with Crippen LogP contribution in [-0.2, 0) is 10.2 Å². The van der Waals surface area contributed by atoms with Crippen molar-refractivity contribution >= 4 is 16.0 Å². The summed E-state index contributed by atoms with van der Waals surface area (Å²) in [6, 6.07) is 14.8. The van der Waals surface area contributed by atoms with E-state index < -0.39 is 22.3 Å². The highest BCUT2D eigenvalue weighted by molar-refractivity contribution is 7.87. The lowest BCUT2D eigenvalue weighted by Crippen LogP contribution is -2.49. The molecule has 2 atom stereocenters. The SMILES string of the molecule is COc1ccc(C2=N[C@@H](c3ccc(OC)c(OC)c3)[C@@H](c3ccc(OC)c(OC)c3)N2S(=O)(=O)N2CCC(C)CC2)cc1OC. The first kappa shape index (κ1) is 32.2. The van der Waals surface area contributed by atoms with Gasteiger partial charge in [0.15, 0.2) is 34.5 Å². The minimum absolute atomic E-state index is 0.286. The van der Waals surface area contributed by atoms with Gasteiger partial charge in [-0.25, -0.2) is 4.31 Å². The van der Waals surface area contributed by atoms with Gasteiger partial charge in [-0.15, -0.1) is 0 Å². The second-order valence-electron chi connectivity index (χ2n) is 11.0. The molecule has 0 unspecified atom stereocenters. The van der Waals surface area contributed by atoms with Gasteiger partial charge in [0.05, 0.1) is 48.7 Å². The first-order valence-corrected chi connectivity index (χ1v) is 16.1. The maximum absolute atomic E-state index is 14.8. The molecule has 3 aromatic carbocycles. The molecule has 1 saturated heterocycles. The maximum atomic E-state index is 14.8. The molecule has 0 N–H and O–H groups in total. The van der Waals surface area contributed by atoms with Crippen molar-refractivity contribution in [1.29, 1.82) is 0 Å². The quantitative estimate of drug-likeness (QED) is 0.280. The standard InChI is InChI=1S/C33H41N3O8S/c1-21-14-16-35(17-15-21)45(37,38)36-32(23-9-12-26(40-3)29(19-23)43-6)31(22-8-11-25(39-2)28(18-22)42-5)34-33(36)24-10-13-27(41-4)30(20-24)44-7/h8-13,18-21,31-32H,14-17H2,1-7H3/t31-,32+/m0/s1. The number of hydrogen-bond acceptors (Lipinski definition) is 9. The van der Waals surface area contributed by atoms with Crippen LogP contribution >= 0.6 is 0 Å². The van der Waals surface area contributed by atoms with E-state index in [1.165, 1.54) is 4.31 Å². The Bertz CT molecular complexity index is 1650. The van der Waals surface area contributed by atoms with Gasteiger partial charge in [0.2, 0.25) is 0 Å². The summed E-state index contributed by atoms with van der Waals surface area (Å²) in [5.74, 6) is 3.77. The largest absolute Gasteiger partial charge is 0.493 e. The molecule has 0 spiro atoms. The molecule has 0 radical (unpaired) electrons. The Kier molecular flexibility index (Phi) is 9.64. The lowest BCUT2D eigenvalue weighted by Gasteiger charge is -2.37. The van der Waals surface area contributed by atoms with E-state index in [4.69, 9.17) is 33.4 Å². The van der Waals surface area contributed by atoms with Crippen molar-refractivity contribution in [2.75, 3.05) is 55.7 Å². The summed E-state index contributed by atoms with van der Waals surface area (Å²) in [4.78, 5) is 5.18. The second kappa shape index (κ2) is 13.5. The maximum Gasteiger partial charge on any atom is 0.305 e. The minimum atomic E-state index is -4.08. The monoisotopic (exact) mass is 639 g/mol. The van der Waals surface area contributed by atoms with Gasteiger partial charge in [0.25, 0.3) is 0 Å². The van der Waals surface area contributed by atoms with Crippen LogP contribution in [0.15, 0.2) is 59.6 Å². The molecular weight excluding hydrogens is 598 g/mol. The zero-order valence-corrected chi connectivity index (χ0v) is 27.6. The van der Waals surface area contributed by atoms with E-state index in [-0.39, 0.29) is 5.84 Å². The number of hydrogen-bond donors (Lipinski definition) is 0. The number of nitrogens with zero attached hydrogens (tertiary/aromatic N) is 3. The molecule has 0 amide bonds. The summed E-state index contributed by atoms with van der Waals surface area (Å²) in [6.45, 7) is 2.98. The molecule has 45 heavy (non-hydrogen) atoms. The van der Waals surface area contributed by atoms with E-state index in [2.05, 4.69) is 6.92 Å². The van der Waals surface area contributed by atoms with Gasteiger partial charge in [0.1, 0.15) is 11.9 Å². The van der Waals surface area contributed by atoms with Gasteiger partial charge in [0, 0.05) is 18.7 Å². The molecule has 12 heteroatoms. The van der Waals surface area contributed by atoms with E-state index in [0.29, 0.717) is 64.6 Å². The molecule has 2 heterocycles. The van der Waals surface area contributed by atoms with Gasteiger partial charge >= 0.3 is 10.2 Å². The van der Waals surface area contributed by atoms with Gasteiger partial charge < -0.3 is 28.4 Å². The number of ether oxygens (including phenoxy) is 6. The van der Waals surface area contributed by atoms with E-state index in [0.717, 1.165) is 18.4 Å². The molecule has 2 aliphatic heterocycles. The Morgan fingerprint density at radius 3 is 1.64 bits per heavy atom. The van der Waals surface area contributed by atoms with Crippen molar-refractivity contribution in [1.82, 2.24) is 8.61 Å². The van der Waals surface area contributed by atoms with Crippen molar-refractivity contribution in [3.8, 4) is 34.5 Å². The van der Waals surface area contributed by atoms with Crippen molar-refractivity contribution in [2.45, 2.75) is 31.8 Å². The van der Waals surface area contributed by atoms with Crippen molar-refractivity contribution in [3.63, 3.8) is 0 Å². The first-order chi connectivity index (χ1) is 21.7. The highest BCUT2D eigenvalue weighted by Gasteiger charge is 2.48. The number of aliphatic imine (C=N–C) groups is 1. The second-order valence-corrected chi connectivity index (χ2v) is 12.8. The highest BCUT2D eigenvalue weighted by atomic mass is 32.2. The lowest BCUT2D eigenvalue weighted by molar-refractivity contribution is 0.269. The van der Waals surface area contributed by atoms with Crippen molar-refractivity contribution in [3.05, 3.63) is 71.3 Å². The first-order valence-electron chi connectivity index (χ1n) is 14.7. The van der Waals surface area contributed by atoms with Crippen LogP contribution in [0.4, 0.5) is 0 Å². The molecule has 242 valence electrons. The fourth-order valence-electron chi connectivity index (χ4n) is 5.94. The van der Waals surface area contributed by atoms with Gasteiger partial charge in [-0.1, -0.05) is 19.1 Å². The van der Waals surface area contributed by atoms with Crippen molar-refractivity contribution < 1.29 is 36.8 Å². The fraction of sp³-hybridized carbons (Fsp3) is 0.424. The number of benzene rings is 3. The number of methoxy groups -OCH3 is 6. The normalized spacial score (nSPS) is 19.2. The molecule has 1 fully saturated rings. The number of piperidine rings is 1. The lowest BCUT2D eigenvalue weighted by atomic mass is 9.94. The summed E-state index contributed by atoms with van der Waals surface area (Å²) < 4.78 is 66.0. The van der Waals surface area contributed by atoms with Crippen LogP contribution in [0.2, 0.25) is 0 Å². The van der Waals surface area contributed by atoms with Crippen LogP contribution < -0.4 is 28.4 Å². The Morgan fingerprint density at radius 2 is 1.11 bits per heavy atom. The summed E-state index contributed by atoms with van der Waals surface area (Å²) >= 11 is 0. The van der Waals surface area contributed by atoms with E-state index >= 15 is 0 Å². The average molecular weight is 640 g/mol. The Balaban J connectivity index is 1.77. The van der Waals surface area contributed by atoms with E-state index in [1.807, 2.05) is 24.3 Å². The van der Waals surface area contributed by atoms with E-state index in [9.17, 15) is 8.42 Å². The third-order valence-corrected chi connectivity index (χ3v) is 10.4.